The van der Waals surface area contributed by atoms with Crippen molar-refractivity contribution in [1.82, 2.24) is 19.9 Å². The van der Waals surface area contributed by atoms with Crippen LogP contribution in [0.15, 0.2) is 78.9 Å². The standard InChI is InChI=1S/C32H32N4O2/c1-5-29-35-30-21(2)17-22(3)34-31(30)36(29)20-23-11-13-25(14-12-23)28-18-26(24-9-7-6-8-10-24)15-16-27(28)19-33-32(37)38-4/h6-18H,5,19-20H2,1-4H3,(H,33,37). The molecule has 1 N–H and O–H groups in total. The number of fused-ring (bicyclic) bond motifs is 1. The van der Waals surface area contributed by atoms with E-state index in [9.17, 15) is 4.79 Å². The maximum absolute atomic E-state index is 11.8. The molecule has 1 amide bonds. The Morgan fingerprint density at radius 2 is 1.63 bits per heavy atom. The fraction of sp³-hybridized carbons (Fsp3) is 0.219. The van der Waals surface area contributed by atoms with Crippen molar-refractivity contribution < 1.29 is 9.53 Å². The van der Waals surface area contributed by atoms with Crippen LogP contribution in [0, 0.1) is 13.8 Å². The maximum Gasteiger partial charge on any atom is 0.407 e. The summed E-state index contributed by atoms with van der Waals surface area (Å²) in [5.74, 6) is 1.04. The normalized spacial score (nSPS) is 11.1. The number of ether oxygens (including phenoxy) is 1. The highest BCUT2D eigenvalue weighted by molar-refractivity contribution is 5.77. The number of nitrogens with zero attached hydrogens (tertiary/aromatic N) is 3. The number of carbonyl (C=O) groups excluding carboxylic acids is 1. The van der Waals surface area contributed by atoms with E-state index in [0.717, 1.165) is 62.5 Å². The van der Waals surface area contributed by atoms with E-state index in [0.29, 0.717) is 13.1 Å². The number of methoxy groups -OCH3 is 1. The van der Waals surface area contributed by atoms with E-state index in [4.69, 9.17) is 14.7 Å². The molecule has 2 aromatic heterocycles. The molecule has 0 spiro atoms. The summed E-state index contributed by atoms with van der Waals surface area (Å²) in [6.07, 6.45) is 0.396. The quantitative estimate of drug-likeness (QED) is 0.263. The average Bonchev–Trinajstić information content (AvgIpc) is 3.30. The molecule has 5 aromatic rings. The molecule has 38 heavy (non-hydrogen) atoms. The Bertz CT molecular complexity index is 1590. The summed E-state index contributed by atoms with van der Waals surface area (Å²) in [5.41, 5.74) is 10.7. The Labute approximate surface area is 223 Å². The summed E-state index contributed by atoms with van der Waals surface area (Å²) in [6.45, 7) is 7.34. The topological polar surface area (TPSA) is 69.0 Å². The van der Waals surface area contributed by atoms with Gasteiger partial charge in [-0.2, -0.15) is 0 Å². The van der Waals surface area contributed by atoms with Gasteiger partial charge in [-0.1, -0.05) is 73.7 Å². The molecule has 0 atom stereocenters. The van der Waals surface area contributed by atoms with Crippen LogP contribution >= 0.6 is 0 Å². The summed E-state index contributed by atoms with van der Waals surface area (Å²) in [6, 6.07) is 27.4. The van der Waals surface area contributed by atoms with Crippen LogP contribution in [0.25, 0.3) is 33.4 Å². The number of aryl methyl sites for hydroxylation is 3. The molecule has 0 bridgehead atoms. The van der Waals surface area contributed by atoms with Crippen molar-refractivity contribution in [3.63, 3.8) is 0 Å². The third-order valence-electron chi connectivity index (χ3n) is 6.85. The molecular weight excluding hydrogens is 472 g/mol. The van der Waals surface area contributed by atoms with Crippen LogP contribution in [0.2, 0.25) is 0 Å². The monoisotopic (exact) mass is 504 g/mol. The van der Waals surface area contributed by atoms with Crippen molar-refractivity contribution in [1.29, 1.82) is 0 Å². The number of benzene rings is 3. The third-order valence-corrected chi connectivity index (χ3v) is 6.85. The number of imidazole rings is 1. The summed E-state index contributed by atoms with van der Waals surface area (Å²) in [7, 11) is 1.37. The summed E-state index contributed by atoms with van der Waals surface area (Å²) in [4.78, 5) is 21.5. The van der Waals surface area contributed by atoms with E-state index < -0.39 is 6.09 Å². The van der Waals surface area contributed by atoms with E-state index >= 15 is 0 Å². The van der Waals surface area contributed by atoms with E-state index in [-0.39, 0.29) is 0 Å². The van der Waals surface area contributed by atoms with Crippen molar-refractivity contribution in [2.24, 2.45) is 0 Å². The van der Waals surface area contributed by atoms with Gasteiger partial charge in [0, 0.05) is 18.7 Å². The first-order valence-corrected chi connectivity index (χ1v) is 12.9. The van der Waals surface area contributed by atoms with Crippen LogP contribution in [0.5, 0.6) is 0 Å². The molecule has 0 unspecified atom stereocenters. The average molecular weight is 505 g/mol. The van der Waals surface area contributed by atoms with E-state index in [2.05, 4.69) is 84.4 Å². The number of carbonyl (C=O) groups is 1. The molecule has 0 aliphatic carbocycles. The highest BCUT2D eigenvalue weighted by Crippen LogP contribution is 2.30. The van der Waals surface area contributed by atoms with Crippen molar-refractivity contribution >= 4 is 17.3 Å². The largest absolute Gasteiger partial charge is 0.453 e. The minimum Gasteiger partial charge on any atom is -0.453 e. The Morgan fingerprint density at radius 3 is 2.34 bits per heavy atom. The van der Waals surface area contributed by atoms with E-state index in [1.807, 2.05) is 25.1 Å². The number of pyridine rings is 1. The minimum absolute atomic E-state index is 0.379. The van der Waals surface area contributed by atoms with Crippen molar-refractivity contribution in [3.05, 3.63) is 107 Å². The van der Waals surface area contributed by atoms with Gasteiger partial charge < -0.3 is 14.6 Å². The Hall–Kier alpha value is -4.45. The zero-order valence-electron chi connectivity index (χ0n) is 22.3. The molecule has 0 saturated heterocycles. The second-order valence-electron chi connectivity index (χ2n) is 9.50. The van der Waals surface area contributed by atoms with Gasteiger partial charge in [-0.05, 0) is 64.9 Å². The molecule has 6 nitrogen and oxygen atoms in total. The van der Waals surface area contributed by atoms with Gasteiger partial charge in [-0.3, -0.25) is 0 Å². The van der Waals surface area contributed by atoms with Crippen LogP contribution in [0.1, 0.15) is 35.1 Å². The smallest absolute Gasteiger partial charge is 0.407 e. The summed E-state index contributed by atoms with van der Waals surface area (Å²) < 4.78 is 7.01. The second-order valence-corrected chi connectivity index (χ2v) is 9.50. The van der Waals surface area contributed by atoms with Gasteiger partial charge in [0.05, 0.1) is 13.7 Å². The van der Waals surface area contributed by atoms with E-state index in [1.165, 1.54) is 12.7 Å². The molecule has 3 aromatic carbocycles. The number of aromatic nitrogens is 3. The molecule has 192 valence electrons. The minimum atomic E-state index is -0.447. The first-order valence-electron chi connectivity index (χ1n) is 12.9. The summed E-state index contributed by atoms with van der Waals surface area (Å²) in [5, 5.41) is 2.82. The number of amides is 1. The highest BCUT2D eigenvalue weighted by Gasteiger charge is 2.15. The van der Waals surface area contributed by atoms with Gasteiger partial charge in [-0.15, -0.1) is 0 Å². The van der Waals surface area contributed by atoms with Crippen LogP contribution in [-0.2, 0) is 24.2 Å². The SMILES string of the molecule is CCc1nc2c(C)cc(C)nc2n1Cc1ccc(-c2cc(-c3ccccc3)ccc2CNC(=O)OC)cc1. The lowest BCUT2D eigenvalue weighted by molar-refractivity contribution is 0.170. The molecule has 2 heterocycles. The summed E-state index contributed by atoms with van der Waals surface area (Å²) >= 11 is 0. The fourth-order valence-corrected chi connectivity index (χ4v) is 4.91. The van der Waals surface area contributed by atoms with Gasteiger partial charge in [-0.25, -0.2) is 14.8 Å². The molecule has 0 aliphatic heterocycles. The molecule has 0 aliphatic rings. The molecule has 0 fully saturated rings. The van der Waals surface area contributed by atoms with Crippen LogP contribution in [0.3, 0.4) is 0 Å². The zero-order chi connectivity index (χ0) is 26.6. The van der Waals surface area contributed by atoms with Gasteiger partial charge in [0.2, 0.25) is 0 Å². The molecule has 5 rings (SSSR count). The van der Waals surface area contributed by atoms with E-state index in [1.54, 1.807) is 0 Å². The lowest BCUT2D eigenvalue weighted by Crippen LogP contribution is -2.22. The molecule has 0 radical (unpaired) electrons. The first-order chi connectivity index (χ1) is 18.5. The van der Waals surface area contributed by atoms with Crippen molar-refractivity contribution in [2.75, 3.05) is 7.11 Å². The Balaban J connectivity index is 1.49. The Kier molecular flexibility index (Phi) is 7.22. The lowest BCUT2D eigenvalue weighted by atomic mass is 9.94. The molecule has 0 saturated carbocycles. The van der Waals surface area contributed by atoms with Gasteiger partial charge in [0.1, 0.15) is 11.3 Å². The predicted octanol–water partition coefficient (Wildman–Crippen LogP) is 6.85. The number of rotatable bonds is 7. The van der Waals surface area contributed by atoms with Crippen LogP contribution in [0.4, 0.5) is 4.79 Å². The Morgan fingerprint density at radius 1 is 0.895 bits per heavy atom. The number of alkyl carbamates (subject to hydrolysis) is 1. The first kappa shape index (κ1) is 25.2. The molecule has 6 heteroatoms. The second kappa shape index (κ2) is 10.9. The number of hydrogen-bond acceptors (Lipinski definition) is 4. The highest BCUT2D eigenvalue weighted by atomic mass is 16.5. The zero-order valence-corrected chi connectivity index (χ0v) is 22.3. The number of hydrogen-bond donors (Lipinski definition) is 1. The predicted molar refractivity (Wildman–Crippen MR) is 152 cm³/mol. The van der Waals surface area contributed by atoms with Crippen molar-refractivity contribution in [2.45, 2.75) is 40.3 Å². The van der Waals surface area contributed by atoms with Gasteiger partial charge in [0.25, 0.3) is 0 Å². The van der Waals surface area contributed by atoms with Gasteiger partial charge in [0.15, 0.2) is 5.65 Å². The maximum atomic E-state index is 11.8. The van der Waals surface area contributed by atoms with Crippen molar-refractivity contribution in [3.8, 4) is 22.3 Å². The number of nitrogens with one attached hydrogen (secondary N) is 1. The third kappa shape index (κ3) is 5.16. The van der Waals surface area contributed by atoms with Crippen LogP contribution in [-0.4, -0.2) is 27.7 Å². The van der Waals surface area contributed by atoms with Crippen LogP contribution < -0.4 is 5.32 Å². The van der Waals surface area contributed by atoms with Gasteiger partial charge >= 0.3 is 6.09 Å². The fourth-order valence-electron chi connectivity index (χ4n) is 4.91. The lowest BCUT2D eigenvalue weighted by Gasteiger charge is -2.14. The molecular formula is C32H32N4O2.